The zero-order valence-corrected chi connectivity index (χ0v) is 10.0. The monoisotopic (exact) mass is 343 g/mol. The summed E-state index contributed by atoms with van der Waals surface area (Å²) in [6.45, 7) is 0. The molecule has 2 aromatic heterocycles. The van der Waals surface area contributed by atoms with Gasteiger partial charge in [0.1, 0.15) is 0 Å². The van der Waals surface area contributed by atoms with E-state index < -0.39 is 22.8 Å². The first-order chi connectivity index (χ1) is 7.30. The van der Waals surface area contributed by atoms with Gasteiger partial charge in [-0.1, -0.05) is 0 Å². The normalized spacial score (nSPS) is 12.3. The summed E-state index contributed by atoms with van der Waals surface area (Å²) >= 11 is 1.82. The third kappa shape index (κ3) is 1.70. The van der Waals surface area contributed by atoms with E-state index in [1.165, 1.54) is 13.1 Å². The summed E-state index contributed by atoms with van der Waals surface area (Å²) in [5, 5.41) is 2.91. The number of alkyl halides is 3. The fraction of sp³-hybridized carbons (Fsp3) is 0.250. The summed E-state index contributed by atoms with van der Waals surface area (Å²) in [4.78, 5) is 13.8. The first-order valence-corrected chi connectivity index (χ1v) is 5.21. The molecule has 0 bridgehead atoms. The van der Waals surface area contributed by atoms with Crippen LogP contribution in [0.4, 0.5) is 13.2 Å². The van der Waals surface area contributed by atoms with Gasteiger partial charge in [0.25, 0.3) is 5.56 Å². The molecule has 2 heterocycles. The average molecular weight is 343 g/mol. The van der Waals surface area contributed by atoms with E-state index in [0.717, 1.165) is 4.68 Å². The average Bonchev–Trinajstić information content (AvgIpc) is 2.43. The fourth-order valence-corrected chi connectivity index (χ4v) is 1.99. The number of halogens is 4. The molecule has 4 nitrogen and oxygen atoms in total. The van der Waals surface area contributed by atoms with Crippen molar-refractivity contribution in [3.63, 3.8) is 0 Å². The van der Waals surface area contributed by atoms with Crippen molar-refractivity contribution in [3.05, 3.63) is 25.8 Å². The van der Waals surface area contributed by atoms with Gasteiger partial charge >= 0.3 is 6.18 Å². The van der Waals surface area contributed by atoms with Crippen molar-refractivity contribution in [1.29, 1.82) is 0 Å². The van der Waals surface area contributed by atoms with Crippen molar-refractivity contribution in [2.24, 2.45) is 7.05 Å². The molecular weight excluding hydrogens is 338 g/mol. The third-order valence-corrected chi connectivity index (χ3v) is 2.66. The molecule has 0 radical (unpaired) electrons. The molecule has 0 atom stereocenters. The lowest BCUT2D eigenvalue weighted by molar-refractivity contribution is -0.140. The molecule has 2 rings (SSSR count). The molecule has 16 heavy (non-hydrogen) atoms. The van der Waals surface area contributed by atoms with Gasteiger partial charge in [0.15, 0.2) is 5.69 Å². The van der Waals surface area contributed by atoms with Gasteiger partial charge < -0.3 is 4.98 Å². The van der Waals surface area contributed by atoms with Gasteiger partial charge in [0.2, 0.25) is 0 Å². The smallest absolute Gasteiger partial charge is 0.317 e. The van der Waals surface area contributed by atoms with Crippen molar-refractivity contribution < 1.29 is 13.2 Å². The van der Waals surface area contributed by atoms with E-state index in [-0.39, 0.29) is 5.52 Å². The van der Waals surface area contributed by atoms with Crippen molar-refractivity contribution in [2.45, 2.75) is 6.18 Å². The number of nitrogens with one attached hydrogen (secondary N) is 1. The zero-order chi connectivity index (χ0) is 12.1. The van der Waals surface area contributed by atoms with Gasteiger partial charge in [0, 0.05) is 7.05 Å². The molecular formula is C8H5F3IN3O. The van der Waals surface area contributed by atoms with Crippen molar-refractivity contribution >= 4 is 33.5 Å². The Morgan fingerprint density at radius 3 is 2.69 bits per heavy atom. The number of rotatable bonds is 0. The lowest BCUT2D eigenvalue weighted by Crippen LogP contribution is -2.13. The molecule has 0 saturated carbocycles. The van der Waals surface area contributed by atoms with Crippen LogP contribution in [0, 0.1) is 3.70 Å². The maximum Gasteiger partial charge on any atom is 0.435 e. The minimum atomic E-state index is -4.63. The number of aromatic nitrogens is 3. The fourth-order valence-electron chi connectivity index (χ4n) is 1.45. The molecule has 0 saturated heterocycles. The summed E-state index contributed by atoms with van der Waals surface area (Å²) in [6.07, 6.45) is -4.63. The van der Waals surface area contributed by atoms with Crippen molar-refractivity contribution in [2.75, 3.05) is 0 Å². The molecule has 0 aliphatic heterocycles. The molecule has 0 amide bonds. The molecule has 0 fully saturated rings. The van der Waals surface area contributed by atoms with Crippen LogP contribution in [0.3, 0.4) is 0 Å². The number of hydrogen-bond donors (Lipinski definition) is 1. The van der Waals surface area contributed by atoms with Crippen LogP contribution in [-0.2, 0) is 13.2 Å². The predicted octanol–water partition coefficient (Wildman–Crippen LogP) is 1.89. The van der Waals surface area contributed by atoms with E-state index in [2.05, 4.69) is 10.1 Å². The number of hydrogen-bond acceptors (Lipinski definition) is 2. The van der Waals surface area contributed by atoms with E-state index in [4.69, 9.17) is 0 Å². The Bertz CT molecular complexity index is 613. The van der Waals surface area contributed by atoms with E-state index in [9.17, 15) is 18.0 Å². The second-order valence-electron chi connectivity index (χ2n) is 3.18. The number of H-pyrrole nitrogens is 1. The van der Waals surface area contributed by atoms with Crippen molar-refractivity contribution in [3.8, 4) is 0 Å². The third-order valence-electron chi connectivity index (χ3n) is 2.08. The Hall–Kier alpha value is -1.06. The zero-order valence-electron chi connectivity index (χ0n) is 7.89. The SMILES string of the molecule is Cn1nc(C(F)(F)F)c2c(=O)[nH]c(I)cc21. The van der Waals surface area contributed by atoms with Crippen LogP contribution < -0.4 is 5.56 Å². The second-order valence-corrected chi connectivity index (χ2v) is 4.34. The Morgan fingerprint density at radius 1 is 1.50 bits per heavy atom. The van der Waals surface area contributed by atoms with Crippen LogP contribution in [0.15, 0.2) is 10.9 Å². The Kier molecular flexibility index (Phi) is 2.48. The number of nitrogens with zero attached hydrogens (tertiary/aromatic N) is 2. The van der Waals surface area contributed by atoms with Crippen LogP contribution in [0.2, 0.25) is 0 Å². The van der Waals surface area contributed by atoms with Gasteiger partial charge in [-0.25, -0.2) is 0 Å². The molecule has 1 N–H and O–H groups in total. The van der Waals surface area contributed by atoms with Gasteiger partial charge in [-0.2, -0.15) is 18.3 Å². The highest BCUT2D eigenvalue weighted by Gasteiger charge is 2.37. The molecule has 86 valence electrons. The van der Waals surface area contributed by atoms with Gasteiger partial charge in [-0.15, -0.1) is 0 Å². The highest BCUT2D eigenvalue weighted by molar-refractivity contribution is 14.1. The van der Waals surface area contributed by atoms with Crippen LogP contribution in [0.25, 0.3) is 10.9 Å². The van der Waals surface area contributed by atoms with Gasteiger partial charge in [-0.3, -0.25) is 9.48 Å². The summed E-state index contributed by atoms with van der Waals surface area (Å²) < 4.78 is 39.3. The number of fused-ring (bicyclic) bond motifs is 1. The summed E-state index contributed by atoms with van der Waals surface area (Å²) in [5.74, 6) is 0. The first kappa shape index (κ1) is 11.4. The maximum absolute atomic E-state index is 12.6. The van der Waals surface area contributed by atoms with Crippen LogP contribution in [0.5, 0.6) is 0 Å². The molecule has 2 aromatic rings. The summed E-state index contributed by atoms with van der Waals surface area (Å²) in [6, 6.07) is 1.44. The van der Waals surface area contributed by atoms with Crippen LogP contribution in [-0.4, -0.2) is 14.8 Å². The summed E-state index contributed by atoms with van der Waals surface area (Å²) in [5.41, 5.74) is -1.76. The topological polar surface area (TPSA) is 50.7 Å². The van der Waals surface area contributed by atoms with E-state index in [0.29, 0.717) is 3.70 Å². The number of pyridine rings is 1. The maximum atomic E-state index is 12.6. The van der Waals surface area contributed by atoms with E-state index in [1.54, 1.807) is 0 Å². The molecule has 0 spiro atoms. The number of aromatic amines is 1. The Morgan fingerprint density at radius 2 is 2.12 bits per heavy atom. The molecule has 0 aliphatic rings. The molecule has 0 unspecified atom stereocenters. The first-order valence-electron chi connectivity index (χ1n) is 4.13. The summed E-state index contributed by atoms with van der Waals surface area (Å²) in [7, 11) is 1.37. The van der Waals surface area contributed by atoms with Crippen molar-refractivity contribution in [1.82, 2.24) is 14.8 Å². The number of aryl methyl sites for hydroxylation is 1. The van der Waals surface area contributed by atoms with E-state index >= 15 is 0 Å². The van der Waals surface area contributed by atoms with E-state index in [1.807, 2.05) is 22.6 Å². The van der Waals surface area contributed by atoms with Crippen LogP contribution >= 0.6 is 22.6 Å². The minimum absolute atomic E-state index is 0.167. The largest absolute Gasteiger partial charge is 0.435 e. The Balaban J connectivity index is 2.95. The molecule has 8 heteroatoms. The molecule has 0 aliphatic carbocycles. The lowest BCUT2D eigenvalue weighted by atomic mass is 10.2. The second kappa shape index (κ2) is 3.47. The minimum Gasteiger partial charge on any atom is -0.317 e. The van der Waals surface area contributed by atoms with Crippen LogP contribution in [0.1, 0.15) is 5.69 Å². The molecule has 0 aromatic carbocycles. The highest BCUT2D eigenvalue weighted by Crippen LogP contribution is 2.32. The van der Waals surface area contributed by atoms with Gasteiger partial charge in [0.05, 0.1) is 14.6 Å². The lowest BCUT2D eigenvalue weighted by Gasteiger charge is -2.01. The quantitative estimate of drug-likeness (QED) is 0.587. The van der Waals surface area contributed by atoms with Gasteiger partial charge in [-0.05, 0) is 28.7 Å². The highest BCUT2D eigenvalue weighted by atomic mass is 127. The predicted molar refractivity (Wildman–Crippen MR) is 59.1 cm³/mol. The standard InChI is InChI=1S/C8H5F3IN3O/c1-15-3-2-4(12)13-7(16)5(3)6(14-15)8(9,10)11/h2H,1H3,(H,13,16). The Labute approximate surface area is 101 Å².